The molecular weight excluding hydrogens is 224 g/mol. The Bertz CT molecular complexity index is 417. The molecule has 1 N–H and O–H groups in total. The maximum absolute atomic E-state index is 12.0. The number of anilines is 1. The van der Waals surface area contributed by atoms with Gasteiger partial charge in [-0.15, -0.1) is 0 Å². The lowest BCUT2D eigenvalue weighted by Gasteiger charge is -2.14. The number of nitrogens with zero attached hydrogens (tertiary/aromatic N) is 1. The fourth-order valence-electron chi connectivity index (χ4n) is 1.84. The van der Waals surface area contributed by atoms with E-state index >= 15 is 0 Å². The lowest BCUT2D eigenvalue weighted by molar-refractivity contribution is -0.120. The van der Waals surface area contributed by atoms with E-state index in [9.17, 15) is 4.79 Å². The highest BCUT2D eigenvalue weighted by Crippen LogP contribution is 2.16. The summed E-state index contributed by atoms with van der Waals surface area (Å²) in [5.74, 6) is 0.163. The zero-order valence-electron chi connectivity index (χ0n) is 11.1. The number of rotatable bonds is 6. The summed E-state index contributed by atoms with van der Waals surface area (Å²) in [4.78, 5) is 12.0. The fraction of sp³-hybridized carbons (Fsp3) is 0.467. The summed E-state index contributed by atoms with van der Waals surface area (Å²) in [6.45, 7) is 4.17. The van der Waals surface area contributed by atoms with Gasteiger partial charge in [-0.2, -0.15) is 5.26 Å². The molecule has 0 unspecified atom stereocenters. The lowest BCUT2D eigenvalue weighted by Crippen LogP contribution is -2.22. The first-order valence-corrected chi connectivity index (χ1v) is 6.52. The van der Waals surface area contributed by atoms with E-state index in [0.29, 0.717) is 5.56 Å². The van der Waals surface area contributed by atoms with Crippen LogP contribution in [0.15, 0.2) is 24.3 Å². The topological polar surface area (TPSA) is 52.9 Å². The molecule has 1 aromatic rings. The molecule has 0 bridgehead atoms. The summed E-state index contributed by atoms with van der Waals surface area (Å²) < 4.78 is 0. The lowest BCUT2D eigenvalue weighted by atomic mass is 9.98. The number of hydrogen-bond donors (Lipinski definition) is 1. The molecule has 0 spiro atoms. The first-order chi connectivity index (χ1) is 8.71. The van der Waals surface area contributed by atoms with Gasteiger partial charge in [0.15, 0.2) is 0 Å². The Labute approximate surface area is 109 Å². The molecule has 1 atom stereocenters. The number of carbonyl (C=O) groups is 1. The predicted octanol–water partition coefficient (Wildman–Crippen LogP) is 3.71. The van der Waals surface area contributed by atoms with Gasteiger partial charge in [0.25, 0.3) is 0 Å². The first kappa shape index (κ1) is 14.2. The van der Waals surface area contributed by atoms with Crippen molar-refractivity contribution < 1.29 is 4.79 Å². The normalized spacial score (nSPS) is 11.6. The number of nitriles is 1. The molecule has 1 rings (SSSR count). The van der Waals surface area contributed by atoms with Crippen molar-refractivity contribution in [3.63, 3.8) is 0 Å². The summed E-state index contributed by atoms with van der Waals surface area (Å²) in [6.07, 6.45) is 4.00. The molecule has 18 heavy (non-hydrogen) atoms. The first-order valence-electron chi connectivity index (χ1n) is 6.52. The third-order valence-electron chi connectivity index (χ3n) is 3.05. The fourth-order valence-corrected chi connectivity index (χ4v) is 1.84. The number of benzene rings is 1. The Kier molecular flexibility index (Phi) is 5.93. The number of hydrogen-bond acceptors (Lipinski definition) is 2. The average Bonchev–Trinajstić information content (AvgIpc) is 2.40. The molecule has 0 aliphatic rings. The van der Waals surface area contributed by atoms with Crippen molar-refractivity contribution in [1.29, 1.82) is 5.26 Å². The van der Waals surface area contributed by atoms with E-state index in [0.717, 1.165) is 31.4 Å². The molecule has 0 aliphatic carbocycles. The maximum Gasteiger partial charge on any atom is 0.227 e. The molecule has 1 amide bonds. The molecule has 0 aromatic heterocycles. The molecule has 3 heteroatoms. The zero-order chi connectivity index (χ0) is 13.4. The highest BCUT2D eigenvalue weighted by Gasteiger charge is 2.15. The summed E-state index contributed by atoms with van der Waals surface area (Å²) in [5, 5.41) is 11.6. The van der Waals surface area contributed by atoms with Gasteiger partial charge < -0.3 is 5.32 Å². The highest BCUT2D eigenvalue weighted by molar-refractivity contribution is 5.92. The van der Waals surface area contributed by atoms with Crippen LogP contribution in [-0.4, -0.2) is 5.91 Å². The van der Waals surface area contributed by atoms with Crippen LogP contribution in [-0.2, 0) is 4.79 Å². The van der Waals surface area contributed by atoms with Crippen LogP contribution in [0.1, 0.15) is 45.1 Å². The van der Waals surface area contributed by atoms with Gasteiger partial charge in [0.1, 0.15) is 0 Å². The summed E-state index contributed by atoms with van der Waals surface area (Å²) in [5.41, 5.74) is 1.36. The van der Waals surface area contributed by atoms with Crippen molar-refractivity contribution in [2.24, 2.45) is 5.92 Å². The zero-order valence-corrected chi connectivity index (χ0v) is 11.1. The molecule has 3 nitrogen and oxygen atoms in total. The number of unbranched alkanes of at least 4 members (excludes halogenated alkanes) is 1. The van der Waals surface area contributed by atoms with Gasteiger partial charge in [-0.3, -0.25) is 4.79 Å². The molecule has 0 fully saturated rings. The number of nitrogens with one attached hydrogen (secondary N) is 1. The van der Waals surface area contributed by atoms with Crippen LogP contribution in [0, 0.1) is 17.2 Å². The second-order valence-corrected chi connectivity index (χ2v) is 4.43. The van der Waals surface area contributed by atoms with Crippen LogP contribution in [0.4, 0.5) is 5.69 Å². The standard InChI is InChI=1S/C15H20N2O/c1-3-5-6-13(4-2)15(18)17-14-9-7-12(11-16)8-10-14/h7-10,13H,3-6H2,1-2H3,(H,17,18)/t13-/m0/s1. The van der Waals surface area contributed by atoms with E-state index in [1.165, 1.54) is 0 Å². The van der Waals surface area contributed by atoms with Crippen LogP contribution in [0.3, 0.4) is 0 Å². The third kappa shape index (κ3) is 4.21. The average molecular weight is 244 g/mol. The molecular formula is C15H20N2O. The molecule has 1 aromatic carbocycles. The van der Waals surface area contributed by atoms with Gasteiger partial charge in [-0.05, 0) is 37.1 Å². The van der Waals surface area contributed by atoms with Crippen LogP contribution in [0.2, 0.25) is 0 Å². The Hall–Kier alpha value is -1.82. The molecule has 0 radical (unpaired) electrons. The summed E-state index contributed by atoms with van der Waals surface area (Å²) in [6, 6.07) is 9.01. The SMILES string of the molecule is CCCC[C@H](CC)C(=O)Nc1ccc(C#N)cc1. The van der Waals surface area contributed by atoms with Crippen molar-refractivity contribution in [3.05, 3.63) is 29.8 Å². The minimum Gasteiger partial charge on any atom is -0.326 e. The van der Waals surface area contributed by atoms with Crippen LogP contribution < -0.4 is 5.32 Å². The monoisotopic (exact) mass is 244 g/mol. The quantitative estimate of drug-likeness (QED) is 0.829. The summed E-state index contributed by atoms with van der Waals surface area (Å²) in [7, 11) is 0. The number of amides is 1. The number of carbonyl (C=O) groups excluding carboxylic acids is 1. The largest absolute Gasteiger partial charge is 0.326 e. The van der Waals surface area contributed by atoms with Crippen LogP contribution in [0.5, 0.6) is 0 Å². The molecule has 0 aliphatic heterocycles. The second-order valence-electron chi connectivity index (χ2n) is 4.43. The van der Waals surface area contributed by atoms with Gasteiger partial charge in [-0.1, -0.05) is 26.7 Å². The van der Waals surface area contributed by atoms with E-state index in [4.69, 9.17) is 5.26 Å². The third-order valence-corrected chi connectivity index (χ3v) is 3.05. The van der Waals surface area contributed by atoms with Crippen molar-refractivity contribution >= 4 is 11.6 Å². The van der Waals surface area contributed by atoms with E-state index in [-0.39, 0.29) is 11.8 Å². The second kappa shape index (κ2) is 7.50. The van der Waals surface area contributed by atoms with Gasteiger partial charge in [0, 0.05) is 11.6 Å². The van der Waals surface area contributed by atoms with Crippen molar-refractivity contribution in [2.75, 3.05) is 5.32 Å². The minimum atomic E-state index is 0.0793. The molecule has 0 heterocycles. The Morgan fingerprint density at radius 2 is 2.00 bits per heavy atom. The van der Waals surface area contributed by atoms with Crippen molar-refractivity contribution in [1.82, 2.24) is 0 Å². The Morgan fingerprint density at radius 1 is 1.33 bits per heavy atom. The summed E-state index contributed by atoms with van der Waals surface area (Å²) >= 11 is 0. The van der Waals surface area contributed by atoms with Crippen molar-refractivity contribution in [3.8, 4) is 6.07 Å². The van der Waals surface area contributed by atoms with Gasteiger partial charge >= 0.3 is 0 Å². The van der Waals surface area contributed by atoms with Gasteiger partial charge in [0.2, 0.25) is 5.91 Å². The predicted molar refractivity (Wildman–Crippen MR) is 73.1 cm³/mol. The van der Waals surface area contributed by atoms with E-state index in [1.54, 1.807) is 24.3 Å². The molecule has 0 saturated carbocycles. The van der Waals surface area contributed by atoms with Crippen molar-refractivity contribution in [2.45, 2.75) is 39.5 Å². The van der Waals surface area contributed by atoms with Gasteiger partial charge in [-0.25, -0.2) is 0 Å². The van der Waals surface area contributed by atoms with E-state index < -0.39 is 0 Å². The molecule has 0 saturated heterocycles. The Morgan fingerprint density at radius 3 is 2.50 bits per heavy atom. The smallest absolute Gasteiger partial charge is 0.227 e. The molecule has 96 valence electrons. The van der Waals surface area contributed by atoms with E-state index in [1.807, 2.05) is 6.92 Å². The maximum atomic E-state index is 12.0. The van der Waals surface area contributed by atoms with Crippen LogP contribution in [0.25, 0.3) is 0 Å². The van der Waals surface area contributed by atoms with Crippen LogP contribution >= 0.6 is 0 Å². The minimum absolute atomic E-state index is 0.0793. The Balaban J connectivity index is 2.59. The highest BCUT2D eigenvalue weighted by atomic mass is 16.1. The van der Waals surface area contributed by atoms with E-state index in [2.05, 4.69) is 18.3 Å². The van der Waals surface area contributed by atoms with Gasteiger partial charge in [0.05, 0.1) is 11.6 Å².